The number of pyridine rings is 1. The van der Waals surface area contributed by atoms with Gasteiger partial charge < -0.3 is 4.74 Å². The van der Waals surface area contributed by atoms with Crippen molar-refractivity contribution in [1.82, 2.24) is 9.38 Å². The van der Waals surface area contributed by atoms with Gasteiger partial charge in [-0.3, -0.25) is 4.40 Å². The molecular weight excluding hydrogens is 314 g/mol. The number of hydrogen-bond acceptors (Lipinski definition) is 4. The SMILES string of the molecule is O=Nc1c(-c2ccccc2)nc2c(OCc3ccccc3)cccn12. The van der Waals surface area contributed by atoms with Crippen LogP contribution in [0.4, 0.5) is 5.82 Å². The molecule has 0 unspecified atom stereocenters. The summed E-state index contributed by atoms with van der Waals surface area (Å²) in [6.45, 7) is 0.428. The summed E-state index contributed by atoms with van der Waals surface area (Å²) in [5, 5.41) is 3.19. The second kappa shape index (κ2) is 6.57. The highest BCUT2D eigenvalue weighted by Gasteiger charge is 2.17. The van der Waals surface area contributed by atoms with E-state index in [0.717, 1.165) is 11.1 Å². The molecule has 0 saturated carbocycles. The molecule has 0 bridgehead atoms. The lowest BCUT2D eigenvalue weighted by Gasteiger charge is -2.07. The fourth-order valence-electron chi connectivity index (χ4n) is 2.76. The Morgan fingerprint density at radius 1 is 0.920 bits per heavy atom. The molecule has 5 nitrogen and oxygen atoms in total. The monoisotopic (exact) mass is 329 g/mol. The summed E-state index contributed by atoms with van der Waals surface area (Å²) in [5.41, 5.74) is 3.03. The first kappa shape index (κ1) is 15.1. The smallest absolute Gasteiger partial charge is 0.209 e. The molecule has 122 valence electrons. The van der Waals surface area contributed by atoms with Crippen LogP contribution in [0.3, 0.4) is 0 Å². The van der Waals surface area contributed by atoms with Gasteiger partial charge in [-0.05, 0) is 22.9 Å². The predicted molar refractivity (Wildman–Crippen MR) is 96.9 cm³/mol. The molecule has 0 N–H and O–H groups in total. The molecular formula is C20H15N3O2. The molecule has 2 aromatic carbocycles. The zero-order chi connectivity index (χ0) is 17.1. The molecule has 0 aliphatic heterocycles. The maximum absolute atomic E-state index is 11.4. The van der Waals surface area contributed by atoms with Gasteiger partial charge >= 0.3 is 0 Å². The maximum atomic E-state index is 11.4. The molecule has 4 rings (SSSR count). The number of ether oxygens (including phenoxy) is 1. The van der Waals surface area contributed by atoms with E-state index in [2.05, 4.69) is 10.2 Å². The summed E-state index contributed by atoms with van der Waals surface area (Å²) in [6.07, 6.45) is 1.76. The first-order valence-electron chi connectivity index (χ1n) is 7.93. The highest BCUT2D eigenvalue weighted by Crippen LogP contribution is 2.33. The van der Waals surface area contributed by atoms with Crippen LogP contribution in [0.15, 0.2) is 84.2 Å². The fourth-order valence-corrected chi connectivity index (χ4v) is 2.76. The molecule has 0 spiro atoms. The van der Waals surface area contributed by atoms with E-state index < -0.39 is 0 Å². The fraction of sp³-hybridized carbons (Fsp3) is 0.0500. The predicted octanol–water partition coefficient (Wildman–Crippen LogP) is 4.98. The molecule has 5 heteroatoms. The lowest BCUT2D eigenvalue weighted by molar-refractivity contribution is 0.308. The largest absolute Gasteiger partial charge is 0.485 e. The molecule has 0 atom stereocenters. The zero-order valence-corrected chi connectivity index (χ0v) is 13.4. The van der Waals surface area contributed by atoms with Crippen molar-refractivity contribution in [3.8, 4) is 17.0 Å². The Morgan fingerprint density at radius 2 is 1.64 bits per heavy atom. The van der Waals surface area contributed by atoms with Crippen molar-refractivity contribution in [2.45, 2.75) is 6.61 Å². The molecule has 0 fully saturated rings. The minimum atomic E-state index is 0.270. The summed E-state index contributed by atoms with van der Waals surface area (Å²) < 4.78 is 7.59. The number of fused-ring (bicyclic) bond motifs is 1. The molecule has 0 aliphatic carbocycles. The Balaban J connectivity index is 1.76. The minimum Gasteiger partial charge on any atom is -0.485 e. The van der Waals surface area contributed by atoms with Crippen molar-refractivity contribution < 1.29 is 4.74 Å². The molecule has 0 saturated heterocycles. The third kappa shape index (κ3) is 2.87. The van der Waals surface area contributed by atoms with E-state index in [1.165, 1.54) is 0 Å². The van der Waals surface area contributed by atoms with E-state index in [-0.39, 0.29) is 5.82 Å². The molecule has 0 amide bonds. The average molecular weight is 329 g/mol. The van der Waals surface area contributed by atoms with Crippen molar-refractivity contribution >= 4 is 11.5 Å². The van der Waals surface area contributed by atoms with Gasteiger partial charge in [-0.1, -0.05) is 60.7 Å². The molecule has 4 aromatic rings. The number of rotatable bonds is 5. The molecule has 2 aromatic heterocycles. The van der Waals surface area contributed by atoms with Crippen LogP contribution in [0.25, 0.3) is 16.9 Å². The van der Waals surface area contributed by atoms with E-state index in [1.54, 1.807) is 10.6 Å². The molecule has 0 radical (unpaired) electrons. The first-order valence-corrected chi connectivity index (χ1v) is 7.93. The number of hydrogen-bond donors (Lipinski definition) is 0. The van der Waals surface area contributed by atoms with E-state index >= 15 is 0 Å². The number of nitroso groups, excluding NO2 is 1. The topological polar surface area (TPSA) is 56.0 Å². The lowest BCUT2D eigenvalue weighted by Crippen LogP contribution is -1.97. The highest BCUT2D eigenvalue weighted by molar-refractivity contribution is 5.76. The van der Waals surface area contributed by atoms with Crippen LogP contribution < -0.4 is 4.74 Å². The summed E-state index contributed by atoms with van der Waals surface area (Å²) >= 11 is 0. The minimum absolute atomic E-state index is 0.270. The highest BCUT2D eigenvalue weighted by atomic mass is 16.5. The standard InChI is InChI=1S/C20H15N3O2/c24-22-20-18(16-10-5-2-6-11-16)21-19-17(12-7-13-23(19)20)25-14-15-8-3-1-4-9-15/h1-13H,14H2. The molecule has 25 heavy (non-hydrogen) atoms. The second-order valence-electron chi connectivity index (χ2n) is 5.58. The van der Waals surface area contributed by atoms with Gasteiger partial charge in [-0.15, -0.1) is 4.91 Å². The van der Waals surface area contributed by atoms with Crippen molar-refractivity contribution in [2.75, 3.05) is 0 Å². The lowest BCUT2D eigenvalue weighted by atomic mass is 10.1. The van der Waals surface area contributed by atoms with Crippen LogP contribution in [0.2, 0.25) is 0 Å². The Hall–Kier alpha value is -3.47. The van der Waals surface area contributed by atoms with E-state index in [9.17, 15) is 4.91 Å². The van der Waals surface area contributed by atoms with Gasteiger partial charge in [0.1, 0.15) is 12.3 Å². The number of imidazole rings is 1. The van der Waals surface area contributed by atoms with Crippen LogP contribution in [0.1, 0.15) is 5.56 Å². The number of nitrogens with zero attached hydrogens (tertiary/aromatic N) is 3. The van der Waals surface area contributed by atoms with Gasteiger partial charge in [-0.2, -0.15) is 0 Å². The average Bonchev–Trinajstić information content (AvgIpc) is 3.07. The van der Waals surface area contributed by atoms with Crippen LogP contribution in [0.5, 0.6) is 5.75 Å². The van der Waals surface area contributed by atoms with Gasteiger partial charge in [0.2, 0.25) is 5.82 Å². The quantitative estimate of drug-likeness (QED) is 0.485. The van der Waals surface area contributed by atoms with Crippen LogP contribution >= 0.6 is 0 Å². The third-order valence-corrected chi connectivity index (χ3v) is 3.96. The van der Waals surface area contributed by atoms with Crippen molar-refractivity contribution in [3.05, 3.63) is 89.5 Å². The van der Waals surface area contributed by atoms with Crippen molar-refractivity contribution in [3.63, 3.8) is 0 Å². The van der Waals surface area contributed by atoms with Gasteiger partial charge in [0, 0.05) is 11.8 Å². The van der Waals surface area contributed by atoms with Crippen LogP contribution in [-0.4, -0.2) is 9.38 Å². The zero-order valence-electron chi connectivity index (χ0n) is 13.4. The number of benzene rings is 2. The maximum Gasteiger partial charge on any atom is 0.209 e. The Morgan fingerprint density at radius 3 is 2.36 bits per heavy atom. The summed E-state index contributed by atoms with van der Waals surface area (Å²) in [5.74, 6) is 0.879. The van der Waals surface area contributed by atoms with Crippen molar-refractivity contribution in [2.24, 2.45) is 5.18 Å². The molecule has 2 heterocycles. The van der Waals surface area contributed by atoms with Gasteiger partial charge in [0.15, 0.2) is 11.4 Å². The Kier molecular flexibility index (Phi) is 3.96. The first-order chi connectivity index (χ1) is 12.4. The summed E-state index contributed by atoms with van der Waals surface area (Å²) in [4.78, 5) is 16.0. The molecule has 0 aliphatic rings. The summed E-state index contributed by atoms with van der Waals surface area (Å²) in [6, 6.07) is 23.1. The van der Waals surface area contributed by atoms with Gasteiger partial charge in [-0.25, -0.2) is 4.98 Å². The number of aromatic nitrogens is 2. The Bertz CT molecular complexity index is 1010. The third-order valence-electron chi connectivity index (χ3n) is 3.96. The Labute approximate surface area is 144 Å². The second-order valence-corrected chi connectivity index (χ2v) is 5.58. The van der Waals surface area contributed by atoms with E-state index in [0.29, 0.717) is 23.7 Å². The van der Waals surface area contributed by atoms with E-state index in [1.807, 2.05) is 72.8 Å². The van der Waals surface area contributed by atoms with E-state index in [4.69, 9.17) is 4.74 Å². The normalized spacial score (nSPS) is 10.7. The van der Waals surface area contributed by atoms with Crippen molar-refractivity contribution in [1.29, 1.82) is 0 Å². The van der Waals surface area contributed by atoms with Crippen LogP contribution in [0, 0.1) is 4.91 Å². The van der Waals surface area contributed by atoms with Crippen LogP contribution in [-0.2, 0) is 6.61 Å². The van der Waals surface area contributed by atoms with Gasteiger partial charge in [0.05, 0.1) is 0 Å². The van der Waals surface area contributed by atoms with Gasteiger partial charge in [0.25, 0.3) is 0 Å². The summed E-state index contributed by atoms with van der Waals surface area (Å²) in [7, 11) is 0.